The Morgan fingerprint density at radius 1 is 0.857 bits per heavy atom. The van der Waals surface area contributed by atoms with Crippen LogP contribution in [-0.4, -0.2) is 16.0 Å². The number of nitro benzene ring substituents is 2. The summed E-state index contributed by atoms with van der Waals surface area (Å²) >= 11 is 12.0. The lowest BCUT2D eigenvalue weighted by atomic mass is 10.1. The highest BCUT2D eigenvalue weighted by Crippen LogP contribution is 2.39. The minimum Gasteiger partial charge on any atom is -0.394 e. The zero-order valence-corrected chi connectivity index (χ0v) is 16.1. The molecule has 0 amide bonds. The number of hydrogen-bond acceptors (Lipinski definition) is 7. The lowest BCUT2D eigenvalue weighted by Crippen LogP contribution is -2.16. The van der Waals surface area contributed by atoms with Crippen molar-refractivity contribution in [2.75, 3.05) is 0 Å². The van der Waals surface area contributed by atoms with Crippen LogP contribution in [0.15, 0.2) is 36.4 Å². The van der Waals surface area contributed by atoms with Gasteiger partial charge in [-0.05, 0) is 26.0 Å². The van der Waals surface area contributed by atoms with Crippen LogP contribution >= 0.6 is 23.2 Å². The van der Waals surface area contributed by atoms with Gasteiger partial charge in [-0.25, -0.2) is 4.79 Å². The number of nitro groups is 2. The van der Waals surface area contributed by atoms with Gasteiger partial charge in [0.15, 0.2) is 0 Å². The number of rotatable bonds is 6. The quantitative estimate of drug-likeness (QED) is 0.190. The highest BCUT2D eigenvalue weighted by molar-refractivity contribution is 6.21. The molecule has 0 bridgehead atoms. The van der Waals surface area contributed by atoms with E-state index in [9.17, 15) is 25.0 Å². The second-order valence-corrected chi connectivity index (χ2v) is 6.89. The molecule has 0 radical (unpaired) electrons. The third kappa shape index (κ3) is 4.68. The maximum atomic E-state index is 12.2. The Balaban J connectivity index is 2.37. The fourth-order valence-corrected chi connectivity index (χ4v) is 3.00. The van der Waals surface area contributed by atoms with Gasteiger partial charge >= 0.3 is 6.16 Å². The fraction of sp³-hybridized carbons (Fsp3) is 0.235. The first kappa shape index (κ1) is 21.4. The molecule has 0 aromatic heterocycles. The van der Waals surface area contributed by atoms with Gasteiger partial charge in [-0.1, -0.05) is 12.1 Å². The Kier molecular flexibility index (Phi) is 6.76. The Labute approximate surface area is 169 Å². The molecular weight excluding hydrogens is 415 g/mol. The zero-order valence-electron chi connectivity index (χ0n) is 14.6. The predicted molar refractivity (Wildman–Crippen MR) is 101 cm³/mol. The molecule has 28 heavy (non-hydrogen) atoms. The van der Waals surface area contributed by atoms with E-state index in [2.05, 4.69) is 0 Å². The highest BCUT2D eigenvalue weighted by Gasteiger charge is 2.27. The van der Waals surface area contributed by atoms with Gasteiger partial charge in [0.25, 0.3) is 11.4 Å². The van der Waals surface area contributed by atoms with Gasteiger partial charge in [0.1, 0.15) is 11.5 Å². The number of ether oxygens (including phenoxy) is 2. The van der Waals surface area contributed by atoms with E-state index in [-0.39, 0.29) is 34.0 Å². The summed E-state index contributed by atoms with van der Waals surface area (Å²) in [6.07, 6.45) is -1.25. The topological polar surface area (TPSA) is 122 Å². The molecule has 2 aromatic rings. The van der Waals surface area contributed by atoms with Crippen LogP contribution in [0.3, 0.4) is 0 Å². The van der Waals surface area contributed by atoms with Gasteiger partial charge in [-0.2, -0.15) is 0 Å². The summed E-state index contributed by atoms with van der Waals surface area (Å²) in [6, 6.07) is 7.73. The van der Waals surface area contributed by atoms with E-state index in [1.165, 1.54) is 50.2 Å². The van der Waals surface area contributed by atoms with Crippen LogP contribution in [0.25, 0.3) is 0 Å². The molecule has 0 saturated heterocycles. The summed E-state index contributed by atoms with van der Waals surface area (Å²) < 4.78 is 10.1. The number of hydrogen-bond donors (Lipinski definition) is 0. The van der Waals surface area contributed by atoms with Crippen LogP contribution in [0.5, 0.6) is 11.5 Å². The third-order valence-corrected chi connectivity index (χ3v) is 4.10. The van der Waals surface area contributed by atoms with Gasteiger partial charge in [0, 0.05) is 12.1 Å². The highest BCUT2D eigenvalue weighted by atomic mass is 35.5. The maximum absolute atomic E-state index is 12.2. The number of benzene rings is 2. The van der Waals surface area contributed by atoms with Crippen molar-refractivity contribution >= 4 is 40.7 Å². The number of nitrogens with zero attached hydrogens (tertiary/aromatic N) is 2. The van der Waals surface area contributed by atoms with Crippen molar-refractivity contribution in [2.24, 2.45) is 0 Å². The maximum Gasteiger partial charge on any atom is 0.519 e. The van der Waals surface area contributed by atoms with E-state index in [0.29, 0.717) is 0 Å². The molecule has 148 valence electrons. The summed E-state index contributed by atoms with van der Waals surface area (Å²) in [4.78, 5) is 33.3. The van der Waals surface area contributed by atoms with E-state index >= 15 is 0 Å². The van der Waals surface area contributed by atoms with Crippen molar-refractivity contribution in [1.29, 1.82) is 0 Å². The first-order chi connectivity index (χ1) is 13.1. The van der Waals surface area contributed by atoms with Crippen molar-refractivity contribution in [1.82, 2.24) is 0 Å². The van der Waals surface area contributed by atoms with Crippen molar-refractivity contribution in [2.45, 2.75) is 24.6 Å². The average Bonchev–Trinajstić information content (AvgIpc) is 2.60. The molecule has 0 saturated carbocycles. The molecule has 0 aliphatic rings. The number of alkyl halides is 2. The molecule has 9 nitrogen and oxygen atoms in total. The summed E-state index contributed by atoms with van der Waals surface area (Å²) in [5, 5.41) is 20.7. The molecule has 2 atom stereocenters. The molecule has 0 heterocycles. The standard InChI is InChI=1S/C17H14Cl2N2O7/c1-9(18)15-11(20(23)24)5-3-7-13(15)27-17(22)28-14-8-4-6-12(21(25)26)16(14)10(2)19/h3-10H,1-2H3. The van der Waals surface area contributed by atoms with Gasteiger partial charge in [0.2, 0.25) is 0 Å². The molecule has 0 spiro atoms. The smallest absolute Gasteiger partial charge is 0.394 e. The van der Waals surface area contributed by atoms with E-state index in [4.69, 9.17) is 32.7 Å². The SMILES string of the molecule is CC(Cl)c1c(OC(=O)Oc2cccc([N+](=O)[O-])c2C(C)Cl)cccc1[N+](=O)[O-]. The first-order valence-electron chi connectivity index (χ1n) is 7.85. The summed E-state index contributed by atoms with van der Waals surface area (Å²) in [6.45, 7) is 2.96. The minimum atomic E-state index is -1.25. The van der Waals surface area contributed by atoms with Crippen molar-refractivity contribution < 1.29 is 24.1 Å². The number of carbonyl (C=O) groups is 1. The van der Waals surface area contributed by atoms with Gasteiger partial charge in [-0.3, -0.25) is 20.2 Å². The fourth-order valence-electron chi connectivity index (χ4n) is 2.56. The predicted octanol–water partition coefficient (Wildman–Crippen LogP) is 5.68. The van der Waals surface area contributed by atoms with Crippen molar-refractivity contribution in [3.05, 3.63) is 67.8 Å². The van der Waals surface area contributed by atoms with E-state index in [1.807, 2.05) is 0 Å². The summed E-state index contributed by atoms with van der Waals surface area (Å²) in [5.41, 5.74) is -0.649. The number of carbonyl (C=O) groups excluding carboxylic acids is 1. The van der Waals surface area contributed by atoms with Crippen LogP contribution in [-0.2, 0) is 0 Å². The van der Waals surface area contributed by atoms with Crippen LogP contribution in [0.2, 0.25) is 0 Å². The van der Waals surface area contributed by atoms with Crippen molar-refractivity contribution in [3.8, 4) is 11.5 Å². The molecule has 0 aliphatic heterocycles. The largest absolute Gasteiger partial charge is 0.519 e. The van der Waals surface area contributed by atoms with E-state index in [0.717, 1.165) is 0 Å². The van der Waals surface area contributed by atoms with E-state index < -0.39 is 26.8 Å². The Bertz CT molecular complexity index is 858. The molecule has 0 aliphatic carbocycles. The third-order valence-electron chi connectivity index (χ3n) is 3.66. The van der Waals surface area contributed by atoms with Crippen LogP contribution < -0.4 is 9.47 Å². The molecule has 11 heteroatoms. The minimum absolute atomic E-state index is 0.00362. The zero-order chi connectivity index (χ0) is 21.0. The second-order valence-electron chi connectivity index (χ2n) is 5.58. The summed E-state index contributed by atoms with van der Waals surface area (Å²) in [7, 11) is 0. The number of halogens is 2. The van der Waals surface area contributed by atoms with Gasteiger partial charge < -0.3 is 9.47 Å². The van der Waals surface area contributed by atoms with Gasteiger partial charge in [-0.15, -0.1) is 23.2 Å². The average molecular weight is 429 g/mol. The normalized spacial score (nSPS) is 12.7. The summed E-state index contributed by atoms with van der Waals surface area (Å²) in [5.74, 6) is -0.319. The molecule has 2 rings (SSSR count). The Morgan fingerprint density at radius 3 is 1.50 bits per heavy atom. The molecular formula is C17H14Cl2N2O7. The lowest BCUT2D eigenvalue weighted by Gasteiger charge is -2.14. The first-order valence-corrected chi connectivity index (χ1v) is 8.73. The van der Waals surface area contributed by atoms with Gasteiger partial charge in [0.05, 0.1) is 31.7 Å². The molecule has 2 aromatic carbocycles. The van der Waals surface area contributed by atoms with E-state index in [1.54, 1.807) is 0 Å². The lowest BCUT2D eigenvalue weighted by molar-refractivity contribution is -0.385. The Hall–Kier alpha value is -2.91. The monoisotopic (exact) mass is 428 g/mol. The molecule has 0 N–H and O–H groups in total. The molecule has 0 fully saturated rings. The van der Waals surface area contributed by atoms with Crippen LogP contribution in [0.4, 0.5) is 16.2 Å². The van der Waals surface area contributed by atoms with Crippen molar-refractivity contribution in [3.63, 3.8) is 0 Å². The van der Waals surface area contributed by atoms with Crippen LogP contribution in [0, 0.1) is 20.2 Å². The molecule has 2 unspecified atom stereocenters. The van der Waals surface area contributed by atoms with Crippen LogP contribution in [0.1, 0.15) is 35.7 Å². The second kappa shape index (κ2) is 8.85. The Morgan fingerprint density at radius 2 is 1.21 bits per heavy atom.